The summed E-state index contributed by atoms with van der Waals surface area (Å²) in [6, 6.07) is 13.0. The number of carbonyl (C=O) groups is 2. The van der Waals surface area contributed by atoms with Crippen molar-refractivity contribution in [2.45, 2.75) is 0 Å². The fourth-order valence-corrected chi connectivity index (χ4v) is 2.94. The lowest BCUT2D eigenvalue weighted by atomic mass is 10.2. The van der Waals surface area contributed by atoms with Gasteiger partial charge in [0, 0.05) is 22.4 Å². The van der Waals surface area contributed by atoms with Crippen molar-refractivity contribution < 1.29 is 23.8 Å². The standard InChI is InChI=1S/C22H18BrN3O5/c1-29-19-7-5-14(11-20(19)30-2)22(28)31-18-8-6-17(23)10-16(18)13-25-26-21(27)15-4-3-9-24-12-15/h3-13H,1-2H3,(H,26,27). The van der Waals surface area contributed by atoms with E-state index in [2.05, 4.69) is 31.4 Å². The molecule has 0 bridgehead atoms. The third-order valence-electron chi connectivity index (χ3n) is 4.09. The van der Waals surface area contributed by atoms with Gasteiger partial charge in [-0.15, -0.1) is 0 Å². The summed E-state index contributed by atoms with van der Waals surface area (Å²) >= 11 is 3.37. The summed E-state index contributed by atoms with van der Waals surface area (Å²) in [6.07, 6.45) is 4.39. The number of benzene rings is 2. The van der Waals surface area contributed by atoms with Crippen LogP contribution in [0.1, 0.15) is 26.3 Å². The molecule has 158 valence electrons. The smallest absolute Gasteiger partial charge is 0.343 e. The van der Waals surface area contributed by atoms with E-state index in [0.29, 0.717) is 22.6 Å². The maximum atomic E-state index is 12.6. The molecule has 1 N–H and O–H groups in total. The summed E-state index contributed by atoms with van der Waals surface area (Å²) in [4.78, 5) is 28.6. The Labute approximate surface area is 187 Å². The molecule has 0 saturated heterocycles. The van der Waals surface area contributed by atoms with Crippen LogP contribution >= 0.6 is 15.9 Å². The molecule has 31 heavy (non-hydrogen) atoms. The Morgan fingerprint density at radius 2 is 1.77 bits per heavy atom. The molecule has 1 amide bonds. The summed E-state index contributed by atoms with van der Waals surface area (Å²) in [6.45, 7) is 0. The fourth-order valence-electron chi connectivity index (χ4n) is 2.56. The first-order valence-corrected chi connectivity index (χ1v) is 9.78. The highest BCUT2D eigenvalue weighted by Gasteiger charge is 2.15. The molecule has 3 rings (SSSR count). The van der Waals surface area contributed by atoms with Gasteiger partial charge in [0.15, 0.2) is 11.5 Å². The van der Waals surface area contributed by atoms with Crippen LogP contribution in [0.5, 0.6) is 17.2 Å². The normalized spacial score (nSPS) is 10.5. The van der Waals surface area contributed by atoms with Crippen molar-refractivity contribution in [2.24, 2.45) is 5.10 Å². The molecular formula is C22H18BrN3O5. The molecule has 0 aliphatic heterocycles. The molecule has 9 heteroatoms. The summed E-state index contributed by atoms with van der Waals surface area (Å²) < 4.78 is 16.7. The summed E-state index contributed by atoms with van der Waals surface area (Å²) in [5.74, 6) is 0.176. The molecule has 1 aromatic heterocycles. The first kappa shape index (κ1) is 22.0. The zero-order valence-electron chi connectivity index (χ0n) is 16.7. The van der Waals surface area contributed by atoms with Crippen LogP contribution in [0.3, 0.4) is 0 Å². The van der Waals surface area contributed by atoms with E-state index in [-0.39, 0.29) is 11.3 Å². The Kier molecular flexibility index (Phi) is 7.34. The predicted octanol–water partition coefficient (Wildman–Crippen LogP) is 3.84. The molecule has 3 aromatic rings. The Morgan fingerprint density at radius 1 is 1.00 bits per heavy atom. The van der Waals surface area contributed by atoms with Crippen molar-refractivity contribution >= 4 is 34.0 Å². The number of esters is 1. The number of carbonyl (C=O) groups excluding carboxylic acids is 2. The number of nitrogens with one attached hydrogen (secondary N) is 1. The van der Waals surface area contributed by atoms with Crippen molar-refractivity contribution in [3.05, 3.63) is 82.1 Å². The number of rotatable bonds is 7. The average molecular weight is 484 g/mol. The van der Waals surface area contributed by atoms with E-state index in [4.69, 9.17) is 14.2 Å². The van der Waals surface area contributed by atoms with Gasteiger partial charge < -0.3 is 14.2 Å². The predicted molar refractivity (Wildman–Crippen MR) is 118 cm³/mol. The van der Waals surface area contributed by atoms with Gasteiger partial charge >= 0.3 is 5.97 Å². The fraction of sp³-hybridized carbons (Fsp3) is 0.0909. The minimum Gasteiger partial charge on any atom is -0.493 e. The highest BCUT2D eigenvalue weighted by Crippen LogP contribution is 2.29. The van der Waals surface area contributed by atoms with Gasteiger partial charge in [-0.25, -0.2) is 10.2 Å². The van der Waals surface area contributed by atoms with Gasteiger partial charge in [-0.1, -0.05) is 15.9 Å². The van der Waals surface area contributed by atoms with Crippen LogP contribution in [-0.2, 0) is 0 Å². The van der Waals surface area contributed by atoms with Crippen LogP contribution in [0.2, 0.25) is 0 Å². The summed E-state index contributed by atoms with van der Waals surface area (Å²) in [7, 11) is 2.99. The van der Waals surface area contributed by atoms with Gasteiger partial charge in [0.2, 0.25) is 0 Å². The molecule has 0 radical (unpaired) electrons. The maximum absolute atomic E-state index is 12.6. The van der Waals surface area contributed by atoms with Crippen molar-refractivity contribution in [2.75, 3.05) is 14.2 Å². The second kappa shape index (κ2) is 10.4. The number of pyridine rings is 1. The molecule has 0 unspecified atom stereocenters. The second-order valence-electron chi connectivity index (χ2n) is 6.08. The first-order valence-electron chi connectivity index (χ1n) is 8.99. The van der Waals surface area contributed by atoms with Gasteiger partial charge in [-0.2, -0.15) is 5.10 Å². The number of methoxy groups -OCH3 is 2. The van der Waals surface area contributed by atoms with Crippen LogP contribution in [0, 0.1) is 0 Å². The summed E-state index contributed by atoms with van der Waals surface area (Å²) in [5.41, 5.74) is 3.55. The molecule has 0 aliphatic carbocycles. The van der Waals surface area contributed by atoms with Gasteiger partial charge in [-0.3, -0.25) is 9.78 Å². The zero-order valence-corrected chi connectivity index (χ0v) is 18.3. The Balaban J connectivity index is 1.77. The number of hydrogen-bond donors (Lipinski definition) is 1. The van der Waals surface area contributed by atoms with Crippen LogP contribution in [0.15, 0.2) is 70.5 Å². The lowest BCUT2D eigenvalue weighted by Gasteiger charge is -2.11. The third-order valence-corrected chi connectivity index (χ3v) is 4.58. The minimum atomic E-state index is -0.586. The molecule has 8 nitrogen and oxygen atoms in total. The maximum Gasteiger partial charge on any atom is 0.343 e. The first-order chi connectivity index (χ1) is 15.0. The van der Waals surface area contributed by atoms with E-state index in [9.17, 15) is 9.59 Å². The lowest BCUT2D eigenvalue weighted by Crippen LogP contribution is -2.17. The van der Waals surface area contributed by atoms with Gasteiger partial charge in [0.1, 0.15) is 5.75 Å². The number of ether oxygens (including phenoxy) is 3. The average Bonchev–Trinajstić information content (AvgIpc) is 2.80. The molecule has 0 spiro atoms. The van der Waals surface area contributed by atoms with E-state index in [0.717, 1.165) is 4.47 Å². The molecule has 0 atom stereocenters. The number of hydrogen-bond acceptors (Lipinski definition) is 7. The Morgan fingerprint density at radius 3 is 2.48 bits per heavy atom. The molecule has 2 aromatic carbocycles. The monoisotopic (exact) mass is 483 g/mol. The van der Waals surface area contributed by atoms with Gasteiger partial charge in [0.05, 0.1) is 31.6 Å². The molecule has 0 saturated carbocycles. The lowest BCUT2D eigenvalue weighted by molar-refractivity contribution is 0.0733. The van der Waals surface area contributed by atoms with Crippen LogP contribution in [-0.4, -0.2) is 37.3 Å². The van der Waals surface area contributed by atoms with Crippen molar-refractivity contribution in [3.63, 3.8) is 0 Å². The zero-order chi connectivity index (χ0) is 22.2. The van der Waals surface area contributed by atoms with E-state index >= 15 is 0 Å². The highest BCUT2D eigenvalue weighted by molar-refractivity contribution is 9.10. The SMILES string of the molecule is COc1ccc(C(=O)Oc2ccc(Br)cc2C=NNC(=O)c2cccnc2)cc1OC. The molecule has 0 fully saturated rings. The largest absolute Gasteiger partial charge is 0.493 e. The Hall–Kier alpha value is -3.72. The Bertz CT molecular complexity index is 1120. The van der Waals surface area contributed by atoms with Crippen LogP contribution in [0.25, 0.3) is 0 Å². The van der Waals surface area contributed by atoms with Gasteiger partial charge in [0.25, 0.3) is 5.91 Å². The topological polar surface area (TPSA) is 99.1 Å². The number of hydrazone groups is 1. The number of nitrogens with zero attached hydrogens (tertiary/aromatic N) is 2. The second-order valence-corrected chi connectivity index (χ2v) is 7.00. The van der Waals surface area contributed by atoms with E-state index in [1.54, 1.807) is 48.7 Å². The summed E-state index contributed by atoms with van der Waals surface area (Å²) in [5, 5.41) is 3.95. The number of aromatic nitrogens is 1. The molecular weight excluding hydrogens is 466 g/mol. The van der Waals surface area contributed by atoms with Crippen LogP contribution < -0.4 is 19.6 Å². The third kappa shape index (κ3) is 5.67. The van der Waals surface area contributed by atoms with E-state index < -0.39 is 11.9 Å². The van der Waals surface area contributed by atoms with Gasteiger partial charge in [-0.05, 0) is 48.5 Å². The van der Waals surface area contributed by atoms with E-state index in [1.165, 1.54) is 32.7 Å². The number of amides is 1. The van der Waals surface area contributed by atoms with E-state index in [1.807, 2.05) is 0 Å². The molecule has 1 heterocycles. The highest BCUT2D eigenvalue weighted by atomic mass is 79.9. The van der Waals surface area contributed by atoms with Crippen molar-refractivity contribution in [1.82, 2.24) is 10.4 Å². The van der Waals surface area contributed by atoms with Crippen molar-refractivity contribution in [1.29, 1.82) is 0 Å². The molecule has 0 aliphatic rings. The quantitative estimate of drug-likeness (QED) is 0.237. The van der Waals surface area contributed by atoms with Crippen LogP contribution in [0.4, 0.5) is 0 Å². The number of halogens is 1. The van der Waals surface area contributed by atoms with Crippen molar-refractivity contribution in [3.8, 4) is 17.2 Å². The minimum absolute atomic E-state index is 0.266.